The summed E-state index contributed by atoms with van der Waals surface area (Å²) in [5.74, 6) is -0.211. The van der Waals surface area contributed by atoms with Crippen molar-refractivity contribution in [2.24, 2.45) is 0 Å². The normalized spacial score (nSPS) is 11.9. The largest absolute Gasteiger partial charge is 0.416 e. The van der Waals surface area contributed by atoms with E-state index >= 15 is 0 Å². The number of benzene rings is 1. The van der Waals surface area contributed by atoms with Crippen molar-refractivity contribution in [1.82, 2.24) is 14.6 Å². The van der Waals surface area contributed by atoms with Crippen molar-refractivity contribution >= 4 is 22.8 Å². The van der Waals surface area contributed by atoms with Crippen LogP contribution in [0, 0.1) is 6.92 Å². The number of ketones is 1. The van der Waals surface area contributed by atoms with E-state index in [2.05, 4.69) is 10.1 Å². The molecule has 3 aromatic heterocycles. The van der Waals surface area contributed by atoms with Gasteiger partial charge in [-0.2, -0.15) is 18.3 Å². The third-order valence-corrected chi connectivity index (χ3v) is 5.10. The lowest BCUT2D eigenvalue weighted by atomic mass is 10.1. The molecule has 3 heterocycles. The zero-order chi connectivity index (χ0) is 19.2. The number of hydrogen-bond donors (Lipinski definition) is 0. The summed E-state index contributed by atoms with van der Waals surface area (Å²) in [6, 6.07) is 10.1. The molecule has 136 valence electrons. The molecule has 4 nitrogen and oxygen atoms in total. The summed E-state index contributed by atoms with van der Waals surface area (Å²) in [6.07, 6.45) is -1.58. The average Bonchev–Trinajstić information content (AvgIpc) is 3.26. The van der Waals surface area contributed by atoms with E-state index in [9.17, 15) is 18.0 Å². The molecular weight excluding hydrogens is 375 g/mol. The smallest absolute Gasteiger partial charge is 0.287 e. The predicted molar refractivity (Wildman–Crippen MR) is 95.9 cm³/mol. The second kappa shape index (κ2) is 6.31. The van der Waals surface area contributed by atoms with Crippen molar-refractivity contribution in [2.75, 3.05) is 0 Å². The molecule has 0 aliphatic rings. The van der Waals surface area contributed by atoms with Crippen LogP contribution in [0.25, 0.3) is 16.9 Å². The third kappa shape index (κ3) is 3.12. The molecule has 0 fully saturated rings. The van der Waals surface area contributed by atoms with Gasteiger partial charge in [0.1, 0.15) is 0 Å². The summed E-state index contributed by atoms with van der Waals surface area (Å²) in [7, 11) is 0. The molecule has 1 aromatic carbocycles. The summed E-state index contributed by atoms with van der Waals surface area (Å²) < 4.78 is 40.4. The second-order valence-electron chi connectivity index (χ2n) is 5.94. The van der Waals surface area contributed by atoms with E-state index in [-0.39, 0.29) is 5.78 Å². The fourth-order valence-corrected chi connectivity index (χ4v) is 3.64. The van der Waals surface area contributed by atoms with Crippen molar-refractivity contribution in [3.05, 3.63) is 75.7 Å². The highest BCUT2D eigenvalue weighted by Crippen LogP contribution is 2.32. The molecule has 0 spiro atoms. The summed E-state index contributed by atoms with van der Waals surface area (Å²) in [5, 5.41) is 4.20. The van der Waals surface area contributed by atoms with Gasteiger partial charge in [-0.05, 0) is 37.3 Å². The van der Waals surface area contributed by atoms with Gasteiger partial charge < -0.3 is 0 Å². The number of rotatable bonds is 3. The van der Waals surface area contributed by atoms with Crippen molar-refractivity contribution in [1.29, 1.82) is 0 Å². The molecule has 0 aliphatic heterocycles. The third-order valence-electron chi connectivity index (χ3n) is 4.10. The molecule has 0 saturated heterocycles. The number of halogens is 3. The van der Waals surface area contributed by atoms with E-state index in [1.165, 1.54) is 34.3 Å². The Balaban J connectivity index is 1.83. The first-order valence-corrected chi connectivity index (χ1v) is 8.78. The van der Waals surface area contributed by atoms with E-state index in [0.29, 0.717) is 27.3 Å². The van der Waals surface area contributed by atoms with Crippen LogP contribution in [0.3, 0.4) is 0 Å². The van der Waals surface area contributed by atoms with Gasteiger partial charge in [0, 0.05) is 16.6 Å². The van der Waals surface area contributed by atoms with Gasteiger partial charge in [-0.1, -0.05) is 12.1 Å². The van der Waals surface area contributed by atoms with E-state index < -0.39 is 11.7 Å². The van der Waals surface area contributed by atoms with Crippen LogP contribution >= 0.6 is 11.3 Å². The zero-order valence-corrected chi connectivity index (χ0v) is 14.8. The van der Waals surface area contributed by atoms with Gasteiger partial charge in [0.25, 0.3) is 0 Å². The van der Waals surface area contributed by atoms with Gasteiger partial charge in [0.05, 0.1) is 27.9 Å². The first-order valence-electron chi connectivity index (χ1n) is 7.96. The summed E-state index contributed by atoms with van der Waals surface area (Å²) in [4.78, 5) is 18.5. The minimum absolute atomic E-state index is 0.211. The van der Waals surface area contributed by atoms with Crippen LogP contribution in [0.4, 0.5) is 13.2 Å². The molecule has 0 aliphatic carbocycles. The first-order chi connectivity index (χ1) is 12.8. The Bertz CT molecular complexity index is 1160. The molecule has 27 heavy (non-hydrogen) atoms. The fourth-order valence-electron chi connectivity index (χ4n) is 2.81. The monoisotopic (exact) mass is 387 g/mol. The Morgan fingerprint density at radius 1 is 1.15 bits per heavy atom. The zero-order valence-electron chi connectivity index (χ0n) is 14.0. The number of hydrogen-bond acceptors (Lipinski definition) is 4. The standard InChI is InChI=1S/C19H12F3N3OS/c1-11-5-6-16(27-11)17(26)14-10-24-25-15(7-8-23-18(14)25)12-3-2-4-13(9-12)19(20,21)22/h2-10H,1H3. The topological polar surface area (TPSA) is 47.3 Å². The van der Waals surface area contributed by atoms with Gasteiger partial charge in [0.15, 0.2) is 5.65 Å². The Kier molecular flexibility index (Phi) is 4.07. The molecule has 0 atom stereocenters. The highest BCUT2D eigenvalue weighted by Gasteiger charge is 2.30. The molecule has 8 heteroatoms. The van der Waals surface area contributed by atoms with Crippen LogP contribution in [0.15, 0.2) is 54.9 Å². The summed E-state index contributed by atoms with van der Waals surface area (Å²) >= 11 is 1.37. The lowest BCUT2D eigenvalue weighted by molar-refractivity contribution is -0.137. The van der Waals surface area contributed by atoms with Gasteiger partial charge in [-0.3, -0.25) is 4.79 Å². The molecule has 0 bridgehead atoms. The molecular formula is C19H12F3N3OS. The van der Waals surface area contributed by atoms with Crippen molar-refractivity contribution in [3.63, 3.8) is 0 Å². The van der Waals surface area contributed by atoms with Crippen LogP contribution in [0.2, 0.25) is 0 Å². The van der Waals surface area contributed by atoms with E-state index in [1.807, 2.05) is 13.0 Å². The Morgan fingerprint density at radius 2 is 1.96 bits per heavy atom. The Hall–Kier alpha value is -3.00. The van der Waals surface area contributed by atoms with Crippen LogP contribution in [0.1, 0.15) is 25.7 Å². The van der Waals surface area contributed by atoms with Crippen LogP contribution in [0.5, 0.6) is 0 Å². The van der Waals surface area contributed by atoms with Crippen molar-refractivity contribution in [3.8, 4) is 11.3 Å². The minimum atomic E-state index is -4.44. The molecule has 0 N–H and O–H groups in total. The van der Waals surface area contributed by atoms with E-state index in [1.54, 1.807) is 18.2 Å². The highest BCUT2D eigenvalue weighted by molar-refractivity contribution is 7.14. The number of aromatic nitrogens is 3. The van der Waals surface area contributed by atoms with Crippen molar-refractivity contribution < 1.29 is 18.0 Å². The lowest BCUT2D eigenvalue weighted by Gasteiger charge is -2.09. The first kappa shape index (κ1) is 17.4. The Labute approximate surface area is 155 Å². The lowest BCUT2D eigenvalue weighted by Crippen LogP contribution is -2.05. The van der Waals surface area contributed by atoms with Crippen molar-refractivity contribution in [2.45, 2.75) is 13.1 Å². The maximum atomic E-state index is 13.0. The predicted octanol–water partition coefficient (Wildman–Crippen LogP) is 5.02. The second-order valence-corrected chi connectivity index (χ2v) is 7.23. The number of thiophene rings is 1. The summed E-state index contributed by atoms with van der Waals surface area (Å²) in [5.41, 5.74) is 0.632. The molecule has 0 saturated carbocycles. The number of fused-ring (bicyclic) bond motifs is 1. The number of aryl methyl sites for hydroxylation is 1. The molecule has 4 aromatic rings. The number of carbonyl (C=O) groups excluding carboxylic acids is 1. The molecule has 4 rings (SSSR count). The number of nitrogens with zero attached hydrogens (tertiary/aromatic N) is 3. The Morgan fingerprint density at radius 3 is 2.67 bits per heavy atom. The van der Waals surface area contributed by atoms with Crippen LogP contribution in [-0.4, -0.2) is 20.4 Å². The highest BCUT2D eigenvalue weighted by atomic mass is 32.1. The minimum Gasteiger partial charge on any atom is -0.287 e. The maximum absolute atomic E-state index is 13.0. The molecule has 0 radical (unpaired) electrons. The molecule has 0 unspecified atom stereocenters. The van der Waals surface area contributed by atoms with Gasteiger partial charge in [-0.15, -0.1) is 11.3 Å². The maximum Gasteiger partial charge on any atom is 0.416 e. The van der Waals surface area contributed by atoms with E-state index in [0.717, 1.165) is 17.0 Å². The fraction of sp³-hybridized carbons (Fsp3) is 0.105. The van der Waals surface area contributed by atoms with Gasteiger partial charge in [0.2, 0.25) is 5.78 Å². The average molecular weight is 387 g/mol. The van der Waals surface area contributed by atoms with Gasteiger partial charge >= 0.3 is 6.18 Å². The molecule has 0 amide bonds. The SMILES string of the molecule is Cc1ccc(C(=O)c2cnn3c(-c4cccc(C(F)(F)F)c4)ccnc23)s1. The summed E-state index contributed by atoms with van der Waals surface area (Å²) in [6.45, 7) is 1.90. The van der Waals surface area contributed by atoms with Gasteiger partial charge in [-0.25, -0.2) is 9.50 Å². The van der Waals surface area contributed by atoms with E-state index in [4.69, 9.17) is 0 Å². The number of alkyl halides is 3. The van der Waals surface area contributed by atoms with Crippen LogP contribution < -0.4 is 0 Å². The van der Waals surface area contributed by atoms with Crippen LogP contribution in [-0.2, 0) is 6.18 Å². The number of carbonyl (C=O) groups is 1. The quantitative estimate of drug-likeness (QED) is 0.464.